The Morgan fingerprint density at radius 1 is 1.45 bits per heavy atom. The molecule has 20 heavy (non-hydrogen) atoms. The fourth-order valence-electron chi connectivity index (χ4n) is 3.17. The predicted octanol–water partition coefficient (Wildman–Crippen LogP) is 1.52. The van der Waals surface area contributed by atoms with Crippen molar-refractivity contribution in [3.05, 3.63) is 23.9 Å². The van der Waals surface area contributed by atoms with E-state index in [2.05, 4.69) is 16.8 Å². The molecule has 0 aliphatic heterocycles. The number of hydrogen-bond acceptors (Lipinski definition) is 4. The van der Waals surface area contributed by atoms with Gasteiger partial charge in [-0.25, -0.2) is 4.98 Å². The van der Waals surface area contributed by atoms with Crippen molar-refractivity contribution in [3.8, 4) is 0 Å². The molecule has 1 aromatic heterocycles. The summed E-state index contributed by atoms with van der Waals surface area (Å²) in [5, 5.41) is 0. The Kier molecular flexibility index (Phi) is 4.95. The van der Waals surface area contributed by atoms with Crippen molar-refractivity contribution >= 4 is 11.7 Å². The zero-order valence-electron chi connectivity index (χ0n) is 12.1. The van der Waals surface area contributed by atoms with Gasteiger partial charge < -0.3 is 16.4 Å². The van der Waals surface area contributed by atoms with Crippen molar-refractivity contribution in [2.24, 2.45) is 17.4 Å². The monoisotopic (exact) mass is 276 g/mol. The van der Waals surface area contributed by atoms with Crippen LogP contribution < -0.4 is 16.4 Å². The summed E-state index contributed by atoms with van der Waals surface area (Å²) in [5.74, 6) is 0.917. The van der Waals surface area contributed by atoms with Crippen molar-refractivity contribution in [1.82, 2.24) is 4.98 Å². The smallest absolute Gasteiger partial charge is 0.248 e. The van der Waals surface area contributed by atoms with E-state index in [9.17, 15) is 4.79 Å². The lowest BCUT2D eigenvalue weighted by Crippen LogP contribution is -2.45. The van der Waals surface area contributed by atoms with E-state index >= 15 is 0 Å². The van der Waals surface area contributed by atoms with E-state index in [-0.39, 0.29) is 0 Å². The molecule has 5 heteroatoms. The Morgan fingerprint density at radius 3 is 2.85 bits per heavy atom. The molecule has 0 radical (unpaired) electrons. The predicted molar refractivity (Wildman–Crippen MR) is 80.6 cm³/mol. The number of carbonyl (C=O) groups is 1. The van der Waals surface area contributed by atoms with E-state index in [0.717, 1.165) is 18.8 Å². The molecule has 5 nitrogen and oxygen atoms in total. The Morgan fingerprint density at radius 2 is 2.20 bits per heavy atom. The lowest BCUT2D eigenvalue weighted by atomic mass is 9.83. The third kappa shape index (κ3) is 3.10. The maximum absolute atomic E-state index is 11.3. The standard InChI is InChI=1S/C15H24N4O/c1-2-19(13-6-4-3-5-12(13)10-16)14-9-11(15(17)20)7-8-18-14/h7-9,12-13H,2-6,10,16H2,1H3,(H2,17,20). The van der Waals surface area contributed by atoms with Gasteiger partial charge >= 0.3 is 0 Å². The first-order chi connectivity index (χ1) is 9.67. The molecule has 0 bridgehead atoms. The van der Waals surface area contributed by atoms with Crippen molar-refractivity contribution in [2.75, 3.05) is 18.0 Å². The Balaban J connectivity index is 2.26. The molecular weight excluding hydrogens is 252 g/mol. The number of hydrogen-bond donors (Lipinski definition) is 2. The second kappa shape index (κ2) is 6.70. The van der Waals surface area contributed by atoms with Crippen LogP contribution >= 0.6 is 0 Å². The van der Waals surface area contributed by atoms with Gasteiger partial charge in [-0.1, -0.05) is 12.8 Å². The summed E-state index contributed by atoms with van der Waals surface area (Å²) in [6.07, 6.45) is 6.45. The number of carbonyl (C=O) groups excluding carboxylic acids is 1. The highest BCUT2D eigenvalue weighted by Crippen LogP contribution is 2.30. The zero-order chi connectivity index (χ0) is 14.5. The van der Waals surface area contributed by atoms with Crippen LogP contribution in [0.3, 0.4) is 0 Å². The number of nitrogens with zero attached hydrogens (tertiary/aromatic N) is 2. The van der Waals surface area contributed by atoms with Crippen LogP contribution in [0.25, 0.3) is 0 Å². The molecule has 1 aromatic rings. The zero-order valence-corrected chi connectivity index (χ0v) is 12.1. The summed E-state index contributed by atoms with van der Waals surface area (Å²) in [7, 11) is 0. The van der Waals surface area contributed by atoms with Gasteiger partial charge in [-0.15, -0.1) is 0 Å². The second-order valence-electron chi connectivity index (χ2n) is 5.40. The van der Waals surface area contributed by atoms with Crippen LogP contribution in [0.5, 0.6) is 0 Å². The summed E-state index contributed by atoms with van der Waals surface area (Å²) in [5.41, 5.74) is 11.8. The highest BCUT2D eigenvalue weighted by atomic mass is 16.1. The van der Waals surface area contributed by atoms with Gasteiger partial charge in [0.25, 0.3) is 0 Å². The van der Waals surface area contributed by atoms with Crippen molar-refractivity contribution in [1.29, 1.82) is 0 Å². The minimum atomic E-state index is -0.413. The van der Waals surface area contributed by atoms with Gasteiger partial charge in [0.1, 0.15) is 5.82 Å². The highest BCUT2D eigenvalue weighted by molar-refractivity contribution is 5.93. The van der Waals surface area contributed by atoms with Gasteiger partial charge in [-0.2, -0.15) is 0 Å². The molecule has 2 unspecified atom stereocenters. The lowest BCUT2D eigenvalue weighted by Gasteiger charge is -2.40. The SMILES string of the molecule is CCN(c1cc(C(N)=O)ccn1)C1CCCCC1CN. The average molecular weight is 276 g/mol. The molecule has 1 heterocycles. The van der Waals surface area contributed by atoms with Gasteiger partial charge in [0.15, 0.2) is 0 Å². The molecule has 1 saturated carbocycles. The van der Waals surface area contributed by atoms with Gasteiger partial charge in [-0.3, -0.25) is 4.79 Å². The number of amides is 1. The third-order valence-electron chi connectivity index (χ3n) is 4.24. The van der Waals surface area contributed by atoms with Crippen molar-refractivity contribution < 1.29 is 4.79 Å². The normalized spacial score (nSPS) is 22.5. The van der Waals surface area contributed by atoms with E-state index in [4.69, 9.17) is 11.5 Å². The summed E-state index contributed by atoms with van der Waals surface area (Å²) in [6, 6.07) is 3.85. The van der Waals surface area contributed by atoms with Gasteiger partial charge in [0, 0.05) is 24.3 Å². The Labute approximate surface area is 120 Å². The number of pyridine rings is 1. The highest BCUT2D eigenvalue weighted by Gasteiger charge is 2.29. The molecular formula is C15H24N4O. The summed E-state index contributed by atoms with van der Waals surface area (Å²) >= 11 is 0. The quantitative estimate of drug-likeness (QED) is 0.854. The minimum absolute atomic E-state index is 0.411. The first-order valence-corrected chi connectivity index (χ1v) is 7.40. The second-order valence-corrected chi connectivity index (χ2v) is 5.40. The van der Waals surface area contributed by atoms with E-state index in [0.29, 0.717) is 24.1 Å². The largest absolute Gasteiger partial charge is 0.366 e. The first-order valence-electron chi connectivity index (χ1n) is 7.40. The van der Waals surface area contributed by atoms with Gasteiger partial charge in [-0.05, 0) is 44.4 Å². The van der Waals surface area contributed by atoms with Crippen LogP contribution in [0.2, 0.25) is 0 Å². The van der Waals surface area contributed by atoms with Crippen LogP contribution in [-0.2, 0) is 0 Å². The molecule has 0 spiro atoms. The molecule has 2 atom stereocenters. The first kappa shape index (κ1) is 14.8. The fraction of sp³-hybridized carbons (Fsp3) is 0.600. The minimum Gasteiger partial charge on any atom is -0.366 e. The van der Waals surface area contributed by atoms with Crippen molar-refractivity contribution in [2.45, 2.75) is 38.6 Å². The molecule has 0 aromatic carbocycles. The molecule has 110 valence electrons. The summed E-state index contributed by atoms with van der Waals surface area (Å²) < 4.78 is 0. The van der Waals surface area contributed by atoms with Gasteiger partial charge in [0.2, 0.25) is 5.91 Å². The molecule has 0 saturated heterocycles. The number of primary amides is 1. The molecule has 2 rings (SSSR count). The van der Waals surface area contributed by atoms with Crippen LogP contribution in [0.4, 0.5) is 5.82 Å². The van der Waals surface area contributed by atoms with Crippen LogP contribution in [-0.4, -0.2) is 30.0 Å². The molecule has 1 aliphatic carbocycles. The molecule has 4 N–H and O–H groups in total. The molecule has 1 aliphatic rings. The van der Waals surface area contributed by atoms with Crippen LogP contribution in [0.1, 0.15) is 43.0 Å². The van der Waals surface area contributed by atoms with Crippen LogP contribution in [0, 0.1) is 5.92 Å². The number of rotatable bonds is 5. The fourth-order valence-corrected chi connectivity index (χ4v) is 3.17. The molecule has 1 amide bonds. The third-order valence-corrected chi connectivity index (χ3v) is 4.24. The van der Waals surface area contributed by atoms with E-state index in [1.54, 1.807) is 18.3 Å². The average Bonchev–Trinajstić information content (AvgIpc) is 2.49. The summed E-state index contributed by atoms with van der Waals surface area (Å²) in [6.45, 7) is 3.67. The van der Waals surface area contributed by atoms with E-state index in [1.165, 1.54) is 19.3 Å². The maximum Gasteiger partial charge on any atom is 0.248 e. The topological polar surface area (TPSA) is 85.2 Å². The lowest BCUT2D eigenvalue weighted by molar-refractivity contribution is 0.1000. The van der Waals surface area contributed by atoms with Crippen molar-refractivity contribution in [3.63, 3.8) is 0 Å². The van der Waals surface area contributed by atoms with Crippen LogP contribution in [0.15, 0.2) is 18.3 Å². The van der Waals surface area contributed by atoms with Gasteiger partial charge in [0.05, 0.1) is 0 Å². The number of nitrogens with two attached hydrogens (primary N) is 2. The van der Waals surface area contributed by atoms with E-state index in [1.807, 2.05) is 0 Å². The maximum atomic E-state index is 11.3. The Hall–Kier alpha value is -1.62. The Bertz CT molecular complexity index is 463. The molecule has 1 fully saturated rings. The summed E-state index contributed by atoms with van der Waals surface area (Å²) in [4.78, 5) is 18.0. The number of anilines is 1. The number of aromatic nitrogens is 1. The van der Waals surface area contributed by atoms with E-state index < -0.39 is 5.91 Å².